The van der Waals surface area contributed by atoms with Gasteiger partial charge in [-0.1, -0.05) is 0 Å². The maximum absolute atomic E-state index is 11.0. The summed E-state index contributed by atoms with van der Waals surface area (Å²) in [4.78, 5) is 9.77. The number of nitrogens with two attached hydrogens (primary N) is 2. The number of nitrogens with zero attached hydrogens (tertiary/aromatic N) is 1. The molecule has 0 aromatic heterocycles. The Labute approximate surface area is 97.8 Å². The zero-order valence-corrected chi connectivity index (χ0v) is 9.61. The number of primary sulfonamides is 1. The highest BCUT2D eigenvalue weighted by Crippen LogP contribution is 2.26. The zero-order valence-electron chi connectivity index (χ0n) is 8.79. The summed E-state index contributed by atoms with van der Waals surface area (Å²) in [6, 6.07) is 3.39. The Hall–Kier alpha value is -1.71. The molecule has 94 valence electrons. The summed E-state index contributed by atoms with van der Waals surface area (Å²) in [5.74, 6) is 0. The van der Waals surface area contributed by atoms with E-state index in [1.54, 1.807) is 0 Å². The molecule has 0 aliphatic rings. The van der Waals surface area contributed by atoms with E-state index in [1.165, 1.54) is 12.1 Å². The Morgan fingerprint density at radius 3 is 2.53 bits per heavy atom. The first-order valence-corrected chi connectivity index (χ1v) is 6.16. The lowest BCUT2D eigenvalue weighted by atomic mass is 10.2. The monoisotopic (exact) mass is 260 g/mol. The molecular formula is C8H12N4O4S. The molecule has 0 saturated heterocycles. The van der Waals surface area contributed by atoms with Crippen molar-refractivity contribution in [2.24, 2.45) is 10.9 Å². The molecule has 0 bridgehead atoms. The number of benzene rings is 1. The smallest absolute Gasteiger partial charge is 0.293 e. The van der Waals surface area contributed by atoms with Crippen LogP contribution in [-0.4, -0.2) is 26.4 Å². The van der Waals surface area contributed by atoms with E-state index in [1.807, 2.05) is 0 Å². The van der Waals surface area contributed by atoms with Gasteiger partial charge in [-0.05, 0) is 12.1 Å². The highest BCUT2D eigenvalue weighted by molar-refractivity contribution is 7.89. The predicted molar refractivity (Wildman–Crippen MR) is 62.0 cm³/mol. The molecule has 0 radical (unpaired) electrons. The van der Waals surface area contributed by atoms with Crippen LogP contribution in [0.15, 0.2) is 23.1 Å². The maximum atomic E-state index is 11.0. The van der Waals surface area contributed by atoms with Crippen molar-refractivity contribution in [2.45, 2.75) is 4.90 Å². The third-order valence-electron chi connectivity index (χ3n) is 1.95. The number of nitro benzene ring substituents is 1. The first-order valence-electron chi connectivity index (χ1n) is 4.61. The molecule has 0 saturated carbocycles. The minimum atomic E-state index is -3.95. The Kier molecular flexibility index (Phi) is 3.99. The average Bonchev–Trinajstić information content (AvgIpc) is 2.24. The molecule has 0 aliphatic heterocycles. The summed E-state index contributed by atoms with van der Waals surface area (Å²) in [6.45, 7) is 0.643. The number of anilines is 1. The maximum Gasteiger partial charge on any atom is 0.293 e. The van der Waals surface area contributed by atoms with E-state index in [9.17, 15) is 18.5 Å². The summed E-state index contributed by atoms with van der Waals surface area (Å²) < 4.78 is 22.1. The highest BCUT2D eigenvalue weighted by atomic mass is 32.2. The van der Waals surface area contributed by atoms with E-state index in [0.29, 0.717) is 13.1 Å². The van der Waals surface area contributed by atoms with Crippen LogP contribution in [0.4, 0.5) is 11.4 Å². The third-order valence-corrected chi connectivity index (χ3v) is 2.87. The topological polar surface area (TPSA) is 141 Å². The van der Waals surface area contributed by atoms with Crippen molar-refractivity contribution in [1.82, 2.24) is 0 Å². The number of nitro groups is 1. The Balaban J connectivity index is 3.22. The molecule has 0 spiro atoms. The normalized spacial score (nSPS) is 11.2. The van der Waals surface area contributed by atoms with E-state index >= 15 is 0 Å². The predicted octanol–water partition coefficient (Wildman–Crippen LogP) is -0.387. The van der Waals surface area contributed by atoms with Crippen LogP contribution in [0.5, 0.6) is 0 Å². The molecule has 9 heteroatoms. The molecule has 0 unspecified atom stereocenters. The summed E-state index contributed by atoms with van der Waals surface area (Å²) in [5.41, 5.74) is 5.10. The third kappa shape index (κ3) is 3.37. The molecule has 1 rings (SSSR count). The summed E-state index contributed by atoms with van der Waals surface area (Å²) in [6.07, 6.45) is 0. The van der Waals surface area contributed by atoms with Crippen molar-refractivity contribution >= 4 is 21.4 Å². The van der Waals surface area contributed by atoms with Crippen LogP contribution in [0.1, 0.15) is 0 Å². The Morgan fingerprint density at radius 2 is 2.06 bits per heavy atom. The average molecular weight is 260 g/mol. The fourth-order valence-corrected chi connectivity index (χ4v) is 1.73. The largest absolute Gasteiger partial charge is 0.378 e. The first kappa shape index (κ1) is 13.4. The van der Waals surface area contributed by atoms with Crippen molar-refractivity contribution in [3.05, 3.63) is 28.3 Å². The molecule has 0 aliphatic carbocycles. The van der Waals surface area contributed by atoms with Crippen LogP contribution in [0, 0.1) is 10.1 Å². The molecule has 0 atom stereocenters. The Morgan fingerprint density at radius 1 is 1.41 bits per heavy atom. The van der Waals surface area contributed by atoms with Gasteiger partial charge in [-0.25, -0.2) is 13.6 Å². The van der Waals surface area contributed by atoms with Gasteiger partial charge in [0.05, 0.1) is 9.82 Å². The lowest BCUT2D eigenvalue weighted by Gasteiger charge is -2.06. The molecule has 1 aromatic rings. The van der Waals surface area contributed by atoms with E-state index in [4.69, 9.17) is 10.9 Å². The second-order valence-corrected chi connectivity index (χ2v) is 4.76. The van der Waals surface area contributed by atoms with Crippen molar-refractivity contribution in [1.29, 1.82) is 0 Å². The summed E-state index contributed by atoms with van der Waals surface area (Å²) >= 11 is 0. The zero-order chi connectivity index (χ0) is 13.1. The van der Waals surface area contributed by atoms with E-state index in [2.05, 4.69) is 5.32 Å². The lowest BCUT2D eigenvalue weighted by Crippen LogP contribution is -2.15. The van der Waals surface area contributed by atoms with Gasteiger partial charge >= 0.3 is 0 Å². The molecule has 8 nitrogen and oxygen atoms in total. The van der Waals surface area contributed by atoms with Gasteiger partial charge < -0.3 is 11.1 Å². The summed E-state index contributed by atoms with van der Waals surface area (Å²) in [7, 11) is -3.95. The number of hydrogen-bond donors (Lipinski definition) is 3. The number of hydrogen-bond acceptors (Lipinski definition) is 6. The lowest BCUT2D eigenvalue weighted by molar-refractivity contribution is -0.384. The van der Waals surface area contributed by atoms with Crippen molar-refractivity contribution < 1.29 is 13.3 Å². The van der Waals surface area contributed by atoms with Crippen LogP contribution < -0.4 is 16.2 Å². The van der Waals surface area contributed by atoms with E-state index < -0.39 is 14.9 Å². The first-order chi connectivity index (χ1) is 7.86. The van der Waals surface area contributed by atoms with E-state index in [0.717, 1.165) is 6.07 Å². The van der Waals surface area contributed by atoms with Gasteiger partial charge in [0.1, 0.15) is 5.69 Å². The SMILES string of the molecule is NCCNc1ccc(S(N)(=O)=O)cc1[N+](=O)[O-]. The number of nitrogens with one attached hydrogen (secondary N) is 1. The fraction of sp³-hybridized carbons (Fsp3) is 0.250. The van der Waals surface area contributed by atoms with Crippen molar-refractivity contribution in [3.63, 3.8) is 0 Å². The highest BCUT2D eigenvalue weighted by Gasteiger charge is 2.18. The molecule has 0 amide bonds. The van der Waals surface area contributed by atoms with Gasteiger partial charge in [0, 0.05) is 19.2 Å². The van der Waals surface area contributed by atoms with Gasteiger partial charge in [0.15, 0.2) is 0 Å². The van der Waals surface area contributed by atoms with Crippen molar-refractivity contribution in [3.8, 4) is 0 Å². The molecule has 1 aromatic carbocycles. The van der Waals surface area contributed by atoms with Gasteiger partial charge in [0.2, 0.25) is 10.0 Å². The minimum Gasteiger partial charge on any atom is -0.378 e. The second-order valence-electron chi connectivity index (χ2n) is 3.20. The second kappa shape index (κ2) is 5.08. The number of rotatable bonds is 5. The van der Waals surface area contributed by atoms with Crippen molar-refractivity contribution in [2.75, 3.05) is 18.4 Å². The summed E-state index contributed by atoms with van der Waals surface area (Å²) in [5, 5.41) is 18.4. The number of sulfonamides is 1. The standard InChI is InChI=1S/C8H12N4O4S/c9-3-4-11-7-2-1-6(17(10,15)16)5-8(7)12(13)14/h1-2,5,11H,3-4,9H2,(H2,10,15,16). The molecule has 0 heterocycles. The van der Waals surface area contributed by atoms with E-state index in [-0.39, 0.29) is 16.3 Å². The van der Waals surface area contributed by atoms with Crippen LogP contribution in [0.25, 0.3) is 0 Å². The van der Waals surface area contributed by atoms with Crippen LogP contribution in [-0.2, 0) is 10.0 Å². The minimum absolute atomic E-state index is 0.202. The fourth-order valence-electron chi connectivity index (χ4n) is 1.20. The molecule has 17 heavy (non-hydrogen) atoms. The van der Waals surface area contributed by atoms with Gasteiger partial charge in [0.25, 0.3) is 5.69 Å². The van der Waals surface area contributed by atoms with Crippen LogP contribution in [0.3, 0.4) is 0 Å². The molecule has 5 N–H and O–H groups in total. The van der Waals surface area contributed by atoms with Crippen LogP contribution >= 0.6 is 0 Å². The Bertz CT molecular complexity index is 528. The van der Waals surface area contributed by atoms with Gasteiger partial charge in [-0.15, -0.1) is 0 Å². The molecule has 0 fully saturated rings. The van der Waals surface area contributed by atoms with Crippen LogP contribution in [0.2, 0.25) is 0 Å². The van der Waals surface area contributed by atoms with Gasteiger partial charge in [-0.2, -0.15) is 0 Å². The quantitative estimate of drug-likeness (QED) is 0.486. The van der Waals surface area contributed by atoms with Gasteiger partial charge in [-0.3, -0.25) is 10.1 Å². The molecular weight excluding hydrogens is 248 g/mol.